The van der Waals surface area contributed by atoms with E-state index < -0.39 is 9.84 Å². The summed E-state index contributed by atoms with van der Waals surface area (Å²) in [5.74, 6) is 0. The van der Waals surface area contributed by atoms with Crippen LogP contribution in [-0.4, -0.2) is 24.2 Å². The summed E-state index contributed by atoms with van der Waals surface area (Å²) in [6.45, 7) is 3.81. The summed E-state index contributed by atoms with van der Waals surface area (Å²) in [5, 5.41) is 0.106. The third-order valence-corrected chi connectivity index (χ3v) is 3.12. The van der Waals surface area contributed by atoms with Crippen LogP contribution < -0.4 is 0 Å². The summed E-state index contributed by atoms with van der Waals surface area (Å²) in [4.78, 5) is 3.84. The molecule has 0 aromatic carbocycles. The summed E-state index contributed by atoms with van der Waals surface area (Å²) >= 11 is 3.25. The highest BCUT2D eigenvalue weighted by atomic mass is 79.9. The first-order valence-corrected chi connectivity index (χ1v) is 6.45. The number of nitrogens with zero attached hydrogens (tertiary/aromatic N) is 2. The van der Waals surface area contributed by atoms with E-state index in [-0.39, 0.29) is 11.2 Å². The molecule has 13 heavy (non-hydrogen) atoms. The van der Waals surface area contributed by atoms with E-state index in [9.17, 15) is 8.42 Å². The Bertz CT molecular complexity index is 408. The molecule has 0 aliphatic heterocycles. The van der Waals surface area contributed by atoms with Crippen LogP contribution in [0.5, 0.6) is 0 Å². The Morgan fingerprint density at radius 2 is 2.08 bits per heavy atom. The Hall–Kier alpha value is -0.360. The van der Waals surface area contributed by atoms with Crippen molar-refractivity contribution in [2.24, 2.45) is 0 Å². The number of hydrogen-bond acceptors (Lipinski definition) is 3. The number of sulfone groups is 1. The molecule has 74 valence electrons. The molecule has 4 nitrogen and oxygen atoms in total. The molecule has 0 saturated carbocycles. The minimum atomic E-state index is -3.24. The smallest absolute Gasteiger partial charge is 0.228 e. The molecular formula is C7H11BrN2O2S. The fourth-order valence-corrected chi connectivity index (χ4v) is 2.77. The highest BCUT2D eigenvalue weighted by Gasteiger charge is 2.19. The van der Waals surface area contributed by atoms with Crippen molar-refractivity contribution in [3.8, 4) is 0 Å². The van der Waals surface area contributed by atoms with Crippen molar-refractivity contribution < 1.29 is 8.42 Å². The lowest BCUT2D eigenvalue weighted by Crippen LogP contribution is -2.11. The van der Waals surface area contributed by atoms with Gasteiger partial charge in [-0.3, -0.25) is 0 Å². The van der Waals surface area contributed by atoms with E-state index in [2.05, 4.69) is 20.9 Å². The van der Waals surface area contributed by atoms with E-state index in [1.807, 2.05) is 13.8 Å². The van der Waals surface area contributed by atoms with Crippen LogP contribution in [0, 0.1) is 0 Å². The van der Waals surface area contributed by atoms with Gasteiger partial charge in [0.15, 0.2) is 0 Å². The van der Waals surface area contributed by atoms with Gasteiger partial charge in [-0.05, 0) is 29.8 Å². The molecular weight excluding hydrogens is 256 g/mol. The zero-order valence-corrected chi connectivity index (χ0v) is 10.1. The number of aromatic nitrogens is 2. The van der Waals surface area contributed by atoms with Crippen LogP contribution in [0.3, 0.4) is 0 Å². The van der Waals surface area contributed by atoms with Crippen LogP contribution in [0.1, 0.15) is 19.9 Å². The Morgan fingerprint density at radius 1 is 1.54 bits per heavy atom. The normalized spacial score (nSPS) is 12.4. The number of hydrogen-bond donors (Lipinski definition) is 0. The minimum Gasteiger partial charge on any atom is -0.307 e. The van der Waals surface area contributed by atoms with Crippen molar-refractivity contribution in [1.29, 1.82) is 0 Å². The molecule has 1 rings (SSSR count). The predicted octanol–water partition coefficient (Wildman–Crippen LogP) is 1.63. The second-order valence-corrected chi connectivity index (χ2v) is 5.82. The largest absolute Gasteiger partial charge is 0.307 e. The SMILES string of the molecule is CC(C)n1c(Br)cnc1S(C)(=O)=O. The molecule has 0 aliphatic rings. The van der Waals surface area contributed by atoms with Crippen molar-refractivity contribution in [2.75, 3.05) is 6.26 Å². The summed E-state index contributed by atoms with van der Waals surface area (Å²) in [5.41, 5.74) is 0. The van der Waals surface area contributed by atoms with Crippen LogP contribution in [0.4, 0.5) is 0 Å². The highest BCUT2D eigenvalue weighted by Crippen LogP contribution is 2.21. The molecule has 0 aliphatic carbocycles. The second-order valence-electron chi connectivity index (χ2n) is 3.10. The van der Waals surface area contributed by atoms with Crippen LogP contribution in [0.25, 0.3) is 0 Å². The molecule has 0 radical (unpaired) electrons. The molecule has 0 spiro atoms. The van der Waals surface area contributed by atoms with Gasteiger partial charge in [0.1, 0.15) is 4.60 Å². The van der Waals surface area contributed by atoms with Gasteiger partial charge in [-0.15, -0.1) is 0 Å². The molecule has 1 aromatic rings. The zero-order valence-electron chi connectivity index (χ0n) is 7.65. The molecule has 0 atom stereocenters. The summed E-state index contributed by atoms with van der Waals surface area (Å²) in [6.07, 6.45) is 2.65. The van der Waals surface area contributed by atoms with Crippen molar-refractivity contribution >= 4 is 25.8 Å². The van der Waals surface area contributed by atoms with Gasteiger partial charge in [-0.25, -0.2) is 13.4 Å². The fraction of sp³-hybridized carbons (Fsp3) is 0.571. The van der Waals surface area contributed by atoms with Gasteiger partial charge in [-0.1, -0.05) is 0 Å². The molecule has 6 heteroatoms. The van der Waals surface area contributed by atoms with Gasteiger partial charge in [0, 0.05) is 12.3 Å². The Labute approximate surface area is 86.0 Å². The maximum absolute atomic E-state index is 11.3. The van der Waals surface area contributed by atoms with E-state index >= 15 is 0 Å². The fourth-order valence-electron chi connectivity index (χ4n) is 1.07. The van der Waals surface area contributed by atoms with Gasteiger partial charge >= 0.3 is 0 Å². The monoisotopic (exact) mass is 266 g/mol. The zero-order chi connectivity index (χ0) is 10.2. The van der Waals surface area contributed by atoms with Crippen LogP contribution in [-0.2, 0) is 9.84 Å². The van der Waals surface area contributed by atoms with E-state index in [1.54, 1.807) is 4.57 Å². The molecule has 1 heterocycles. The second kappa shape index (κ2) is 3.42. The van der Waals surface area contributed by atoms with Crippen LogP contribution in [0.2, 0.25) is 0 Å². The predicted molar refractivity (Wildman–Crippen MR) is 53.4 cm³/mol. The first kappa shape index (κ1) is 10.7. The summed E-state index contributed by atoms with van der Waals surface area (Å²) < 4.78 is 24.9. The van der Waals surface area contributed by atoms with Crippen molar-refractivity contribution in [1.82, 2.24) is 9.55 Å². The third kappa shape index (κ3) is 2.11. The average Bonchev–Trinajstić information content (AvgIpc) is 2.28. The standard InChI is InChI=1S/C7H11BrN2O2S/c1-5(2)10-6(8)4-9-7(10)13(3,11)12/h4-5H,1-3H3. The van der Waals surface area contributed by atoms with Crippen LogP contribution in [0.15, 0.2) is 16.0 Å². The molecule has 0 bridgehead atoms. The lowest BCUT2D eigenvalue weighted by atomic mass is 10.4. The van der Waals surface area contributed by atoms with E-state index in [1.165, 1.54) is 6.20 Å². The molecule has 0 unspecified atom stereocenters. The van der Waals surface area contributed by atoms with Crippen molar-refractivity contribution in [2.45, 2.75) is 25.0 Å². The topological polar surface area (TPSA) is 52.0 Å². The van der Waals surface area contributed by atoms with E-state index in [4.69, 9.17) is 0 Å². The Balaban J connectivity index is 3.40. The molecule has 1 aromatic heterocycles. The average molecular weight is 267 g/mol. The molecule has 0 N–H and O–H groups in total. The number of rotatable bonds is 2. The van der Waals surface area contributed by atoms with Gasteiger partial charge < -0.3 is 4.57 Å². The number of imidazole rings is 1. The van der Waals surface area contributed by atoms with Gasteiger partial charge in [-0.2, -0.15) is 0 Å². The summed E-state index contributed by atoms with van der Waals surface area (Å²) in [6, 6.07) is 0.0709. The van der Waals surface area contributed by atoms with E-state index in [0.717, 1.165) is 6.26 Å². The molecule has 0 saturated heterocycles. The first-order valence-electron chi connectivity index (χ1n) is 3.77. The first-order chi connectivity index (χ1) is 5.84. The summed E-state index contributed by atoms with van der Waals surface area (Å²) in [7, 11) is -3.24. The van der Waals surface area contributed by atoms with E-state index in [0.29, 0.717) is 4.60 Å². The third-order valence-electron chi connectivity index (χ3n) is 1.57. The lowest BCUT2D eigenvalue weighted by Gasteiger charge is -2.11. The van der Waals surface area contributed by atoms with Gasteiger partial charge in [0.05, 0.1) is 6.20 Å². The number of halogens is 1. The highest BCUT2D eigenvalue weighted by molar-refractivity contribution is 9.10. The van der Waals surface area contributed by atoms with Gasteiger partial charge in [0.25, 0.3) is 0 Å². The Morgan fingerprint density at radius 3 is 2.38 bits per heavy atom. The Kier molecular flexibility index (Phi) is 2.82. The van der Waals surface area contributed by atoms with Crippen LogP contribution >= 0.6 is 15.9 Å². The van der Waals surface area contributed by atoms with Crippen molar-refractivity contribution in [3.63, 3.8) is 0 Å². The van der Waals surface area contributed by atoms with Crippen molar-refractivity contribution in [3.05, 3.63) is 10.8 Å². The quantitative estimate of drug-likeness (QED) is 0.818. The minimum absolute atomic E-state index is 0.0709. The lowest BCUT2D eigenvalue weighted by molar-refractivity contribution is 0.515. The maximum atomic E-state index is 11.3. The molecule has 0 amide bonds. The molecule has 0 fully saturated rings. The van der Waals surface area contributed by atoms with Gasteiger partial charge in [0.2, 0.25) is 15.0 Å². The maximum Gasteiger partial charge on any atom is 0.228 e.